The third-order valence-corrected chi connectivity index (χ3v) is 7.08. The van der Waals surface area contributed by atoms with Crippen molar-refractivity contribution in [1.29, 1.82) is 0 Å². The van der Waals surface area contributed by atoms with Crippen molar-refractivity contribution in [1.82, 2.24) is 30.1 Å². The Kier molecular flexibility index (Phi) is 7.62. The van der Waals surface area contributed by atoms with Gasteiger partial charge >= 0.3 is 0 Å². The smallest absolute Gasteiger partial charge is 0.252 e. The van der Waals surface area contributed by atoms with Gasteiger partial charge in [0.25, 0.3) is 5.56 Å². The van der Waals surface area contributed by atoms with Crippen molar-refractivity contribution in [2.45, 2.75) is 64.9 Å². The van der Waals surface area contributed by atoms with Crippen LogP contribution < -0.4 is 10.3 Å². The van der Waals surface area contributed by atoms with Crippen LogP contribution in [0.1, 0.15) is 54.7 Å². The SMILES string of the molecule is CC[C@H](c1nnnn1C[C@@H]1CCCO1)N(Cc1ccc(OC)cc1)Cc1cc2ccc(C)cc2[nH]c1=O. The zero-order valence-corrected chi connectivity index (χ0v) is 21.7. The van der Waals surface area contributed by atoms with Crippen molar-refractivity contribution in [2.24, 2.45) is 0 Å². The summed E-state index contributed by atoms with van der Waals surface area (Å²) in [4.78, 5) is 18.5. The molecule has 1 N–H and O–H groups in total. The number of methoxy groups -OCH3 is 1. The summed E-state index contributed by atoms with van der Waals surface area (Å²) in [5, 5.41) is 13.8. The normalized spacial score (nSPS) is 16.5. The highest BCUT2D eigenvalue weighted by Gasteiger charge is 2.28. The lowest BCUT2D eigenvalue weighted by atomic mass is 10.1. The number of ether oxygens (including phenoxy) is 2. The van der Waals surface area contributed by atoms with Crippen molar-refractivity contribution in [3.8, 4) is 5.75 Å². The molecule has 0 radical (unpaired) electrons. The zero-order chi connectivity index (χ0) is 25.8. The first-order valence-corrected chi connectivity index (χ1v) is 12.9. The first-order chi connectivity index (χ1) is 18.0. The van der Waals surface area contributed by atoms with E-state index in [-0.39, 0.29) is 17.7 Å². The molecule has 4 aromatic rings. The first-order valence-electron chi connectivity index (χ1n) is 12.9. The van der Waals surface area contributed by atoms with Gasteiger partial charge in [-0.25, -0.2) is 4.68 Å². The fraction of sp³-hybridized carbons (Fsp3) is 0.429. The largest absolute Gasteiger partial charge is 0.497 e. The van der Waals surface area contributed by atoms with Gasteiger partial charge in [0.2, 0.25) is 0 Å². The van der Waals surface area contributed by atoms with Crippen LogP contribution in [0.25, 0.3) is 10.9 Å². The summed E-state index contributed by atoms with van der Waals surface area (Å²) in [7, 11) is 1.66. The Labute approximate surface area is 216 Å². The maximum atomic E-state index is 13.1. The molecule has 0 unspecified atom stereocenters. The summed E-state index contributed by atoms with van der Waals surface area (Å²) >= 11 is 0. The summed E-state index contributed by atoms with van der Waals surface area (Å²) < 4.78 is 13.1. The standard InChI is InChI=1S/C28H34N6O3/c1-4-26(27-30-31-32-34(27)18-24-6-5-13-37-24)33(16-20-8-11-23(36-3)12-9-20)17-22-15-21-10-7-19(2)14-25(21)29-28(22)35/h7-12,14-15,24,26H,4-6,13,16-18H2,1-3H3,(H,29,35)/t24-,26+/m0/s1. The van der Waals surface area contributed by atoms with Crippen LogP contribution in [0.2, 0.25) is 0 Å². The lowest BCUT2D eigenvalue weighted by Gasteiger charge is -2.30. The molecule has 1 saturated heterocycles. The van der Waals surface area contributed by atoms with Crippen molar-refractivity contribution in [3.63, 3.8) is 0 Å². The number of aromatic amines is 1. The van der Waals surface area contributed by atoms with Crippen LogP contribution >= 0.6 is 0 Å². The minimum atomic E-state index is -0.0911. The van der Waals surface area contributed by atoms with Gasteiger partial charge < -0.3 is 14.5 Å². The molecule has 0 bridgehead atoms. The van der Waals surface area contributed by atoms with Crippen LogP contribution in [0.3, 0.4) is 0 Å². The predicted molar refractivity (Wildman–Crippen MR) is 141 cm³/mol. The van der Waals surface area contributed by atoms with Crippen molar-refractivity contribution >= 4 is 10.9 Å². The number of H-pyrrole nitrogens is 1. The van der Waals surface area contributed by atoms with E-state index in [2.05, 4.69) is 56.6 Å². The Morgan fingerprint density at radius 1 is 1.19 bits per heavy atom. The van der Waals surface area contributed by atoms with Crippen LogP contribution in [-0.4, -0.2) is 49.9 Å². The monoisotopic (exact) mass is 502 g/mol. The van der Waals surface area contributed by atoms with E-state index in [1.165, 1.54) is 0 Å². The molecular formula is C28H34N6O3. The van der Waals surface area contributed by atoms with Gasteiger partial charge in [-0.3, -0.25) is 9.69 Å². The lowest BCUT2D eigenvalue weighted by Crippen LogP contribution is -2.33. The van der Waals surface area contributed by atoms with Gasteiger partial charge in [0.15, 0.2) is 5.82 Å². The summed E-state index contributed by atoms with van der Waals surface area (Å²) in [6.45, 7) is 6.65. The van der Waals surface area contributed by atoms with Gasteiger partial charge in [0.1, 0.15) is 5.75 Å². The van der Waals surface area contributed by atoms with Crippen LogP contribution in [0.4, 0.5) is 0 Å². The zero-order valence-electron chi connectivity index (χ0n) is 21.7. The molecule has 1 aliphatic heterocycles. The van der Waals surface area contributed by atoms with Crippen LogP contribution in [0, 0.1) is 6.92 Å². The molecule has 2 atom stereocenters. The van der Waals surface area contributed by atoms with E-state index in [1.807, 2.05) is 35.9 Å². The predicted octanol–water partition coefficient (Wildman–Crippen LogP) is 4.16. The lowest BCUT2D eigenvalue weighted by molar-refractivity contribution is 0.0888. The first kappa shape index (κ1) is 25.1. The Bertz CT molecular complexity index is 1390. The molecule has 0 aliphatic carbocycles. The molecule has 1 aliphatic rings. The molecule has 9 nitrogen and oxygen atoms in total. The Morgan fingerprint density at radius 2 is 2.03 bits per heavy atom. The minimum Gasteiger partial charge on any atom is -0.497 e. The molecule has 194 valence electrons. The molecular weight excluding hydrogens is 468 g/mol. The molecule has 9 heteroatoms. The average molecular weight is 503 g/mol. The van der Waals surface area contributed by atoms with E-state index in [0.717, 1.165) is 59.5 Å². The number of fused-ring (bicyclic) bond motifs is 1. The number of hydrogen-bond acceptors (Lipinski definition) is 7. The number of hydrogen-bond donors (Lipinski definition) is 1. The van der Waals surface area contributed by atoms with E-state index in [0.29, 0.717) is 25.2 Å². The fourth-order valence-corrected chi connectivity index (χ4v) is 5.10. The molecule has 3 heterocycles. The topological polar surface area (TPSA) is 98.2 Å². The highest BCUT2D eigenvalue weighted by Crippen LogP contribution is 2.28. The van der Waals surface area contributed by atoms with Crippen LogP contribution in [-0.2, 0) is 24.4 Å². The van der Waals surface area contributed by atoms with E-state index >= 15 is 0 Å². The van der Waals surface area contributed by atoms with E-state index in [9.17, 15) is 4.79 Å². The van der Waals surface area contributed by atoms with E-state index in [4.69, 9.17) is 9.47 Å². The molecule has 2 aromatic carbocycles. The Morgan fingerprint density at radius 3 is 2.76 bits per heavy atom. The number of pyridine rings is 1. The highest BCUT2D eigenvalue weighted by atomic mass is 16.5. The maximum absolute atomic E-state index is 13.1. The fourth-order valence-electron chi connectivity index (χ4n) is 5.10. The molecule has 2 aromatic heterocycles. The molecule has 0 amide bonds. The molecule has 0 spiro atoms. The van der Waals surface area contributed by atoms with Crippen LogP contribution in [0.15, 0.2) is 53.3 Å². The summed E-state index contributed by atoms with van der Waals surface area (Å²) in [6.07, 6.45) is 2.99. The number of tetrazole rings is 1. The number of nitrogens with zero attached hydrogens (tertiary/aromatic N) is 5. The summed E-state index contributed by atoms with van der Waals surface area (Å²) in [6, 6.07) is 16.1. The maximum Gasteiger partial charge on any atom is 0.252 e. The molecule has 5 rings (SSSR count). The van der Waals surface area contributed by atoms with Crippen LogP contribution in [0.5, 0.6) is 5.75 Å². The number of benzene rings is 2. The third-order valence-electron chi connectivity index (χ3n) is 7.08. The van der Waals surface area contributed by atoms with Gasteiger partial charge in [-0.2, -0.15) is 0 Å². The highest BCUT2D eigenvalue weighted by molar-refractivity contribution is 5.79. The van der Waals surface area contributed by atoms with Crippen molar-refractivity contribution < 1.29 is 9.47 Å². The number of aromatic nitrogens is 5. The molecule has 1 fully saturated rings. The minimum absolute atomic E-state index is 0.0772. The second-order valence-corrected chi connectivity index (χ2v) is 9.75. The quantitative estimate of drug-likeness (QED) is 0.348. The Balaban J connectivity index is 1.49. The van der Waals surface area contributed by atoms with E-state index in [1.54, 1.807) is 7.11 Å². The molecule has 37 heavy (non-hydrogen) atoms. The third kappa shape index (κ3) is 5.73. The van der Waals surface area contributed by atoms with Gasteiger partial charge in [-0.15, -0.1) is 5.10 Å². The van der Waals surface area contributed by atoms with Gasteiger partial charge in [0, 0.05) is 30.8 Å². The Hall–Kier alpha value is -3.56. The number of aryl methyl sites for hydroxylation is 1. The van der Waals surface area contributed by atoms with Gasteiger partial charge in [-0.05, 0) is 77.4 Å². The second kappa shape index (κ2) is 11.2. The average Bonchev–Trinajstić information content (AvgIpc) is 3.58. The van der Waals surface area contributed by atoms with E-state index < -0.39 is 0 Å². The van der Waals surface area contributed by atoms with Gasteiger partial charge in [0.05, 0.1) is 25.8 Å². The number of nitrogens with one attached hydrogen (secondary N) is 1. The van der Waals surface area contributed by atoms with Crippen molar-refractivity contribution in [2.75, 3.05) is 13.7 Å². The number of rotatable bonds is 10. The van der Waals surface area contributed by atoms with Gasteiger partial charge in [-0.1, -0.05) is 31.2 Å². The summed E-state index contributed by atoms with van der Waals surface area (Å²) in [5.41, 5.74) is 3.71. The molecule has 0 saturated carbocycles. The summed E-state index contributed by atoms with van der Waals surface area (Å²) in [5.74, 6) is 1.60. The van der Waals surface area contributed by atoms with Crippen molar-refractivity contribution in [3.05, 3.63) is 81.4 Å². The second-order valence-electron chi connectivity index (χ2n) is 9.75.